The Balaban J connectivity index is 0.804. The van der Waals surface area contributed by atoms with Crippen LogP contribution in [0.1, 0.15) is 0 Å². The fraction of sp³-hybridized carbons (Fsp3) is 0.0606. The van der Waals surface area contributed by atoms with Gasteiger partial charge >= 0.3 is 426 Å². The summed E-state index contributed by atoms with van der Waals surface area (Å²) in [5.74, 6) is 10.1. The van der Waals surface area contributed by atoms with Crippen LogP contribution in [-0.4, -0.2) is 26.5 Å². The molecule has 0 amide bonds. The first-order valence-electron chi connectivity index (χ1n) is 25.1. The van der Waals surface area contributed by atoms with Crippen LogP contribution in [0.5, 0.6) is 0 Å². The topological polar surface area (TPSA) is 32.8 Å². The Bertz CT molecular complexity index is 4140. The van der Waals surface area contributed by atoms with E-state index >= 15 is 0 Å². The fourth-order valence-electron chi connectivity index (χ4n) is 12.5. The second-order valence-electron chi connectivity index (χ2n) is 21.0. The van der Waals surface area contributed by atoms with E-state index in [4.69, 9.17) is 8.83 Å². The number of hydrogen-bond donors (Lipinski definition) is 0. The van der Waals surface area contributed by atoms with Gasteiger partial charge in [0, 0.05) is 0 Å². The van der Waals surface area contributed by atoms with Crippen molar-refractivity contribution in [2.24, 2.45) is 0 Å². The van der Waals surface area contributed by atoms with Gasteiger partial charge in [-0.05, 0) is 0 Å². The van der Waals surface area contributed by atoms with Crippen LogP contribution >= 0.6 is 0 Å². The van der Waals surface area contributed by atoms with E-state index in [1.165, 1.54) is 53.2 Å². The van der Waals surface area contributed by atoms with Crippen LogP contribution < -0.4 is 27.4 Å². The zero-order valence-electron chi connectivity index (χ0n) is 40.5. The van der Waals surface area contributed by atoms with Gasteiger partial charge in [-0.15, -0.1) is 0 Å². The van der Waals surface area contributed by atoms with Gasteiger partial charge in [0.15, 0.2) is 0 Å². The van der Waals surface area contributed by atoms with Gasteiger partial charge in [-0.25, -0.2) is 0 Å². The number of fused-ring (bicyclic) bond motifs is 14. The Labute approximate surface area is 423 Å². The molecule has 72 heavy (non-hydrogen) atoms. The molecular formula is C66H48Ge2N2O2. The van der Waals surface area contributed by atoms with Crippen molar-refractivity contribution < 1.29 is 8.83 Å². The number of rotatable bonds is 6. The molecule has 342 valence electrons. The van der Waals surface area contributed by atoms with Gasteiger partial charge in [0.05, 0.1) is 0 Å². The average molecular weight is 1050 g/mol. The van der Waals surface area contributed by atoms with E-state index in [1.54, 1.807) is 8.79 Å². The number of hydrogen-bond acceptors (Lipinski definition) is 4. The third-order valence-corrected chi connectivity index (χ3v) is 31.0. The minimum atomic E-state index is -2.50. The van der Waals surface area contributed by atoms with Gasteiger partial charge in [0.25, 0.3) is 0 Å². The minimum absolute atomic E-state index is 0.820. The number of nitrogens with zero attached hydrogens (tertiary/aromatic N) is 2. The summed E-state index contributed by atoms with van der Waals surface area (Å²) in [6.45, 7) is 0. The monoisotopic (exact) mass is 1050 g/mol. The summed E-state index contributed by atoms with van der Waals surface area (Å²) in [6, 6.07) is 80.9. The molecule has 13 aromatic rings. The van der Waals surface area contributed by atoms with Crippen LogP contribution in [0.2, 0.25) is 23.0 Å². The summed E-state index contributed by atoms with van der Waals surface area (Å²) in [4.78, 5) is 4.81. The molecule has 0 radical (unpaired) electrons. The first-order valence-corrected chi connectivity index (χ1v) is 37.6. The molecule has 0 N–H and O–H groups in total. The molecule has 6 heteroatoms. The second-order valence-corrected chi connectivity index (χ2v) is 39.1. The molecule has 4 heterocycles. The standard InChI is InChI=1S/C66H48Ge2N2O2/c1-67(2)59-21-13-11-19-51(59)53-29-27-49(37-61(53)67)69(45-15-7-5-8-16-45)47-25-23-41-33-55-57-39-58-56-34-42-24-26-48(32-44(42)36-64(56)72-66(58)40-65(57)71-63(55)35-43(41)31-47)70(46-17-9-6-10-18-46)50-28-30-54-52-20-12-14-22-60(52)68(3,4)62(54)38-50/h5-40H,1-4H3. The molecule has 0 saturated heterocycles. The molecule has 2 aliphatic rings. The second kappa shape index (κ2) is 15.4. The molecule has 0 bridgehead atoms. The van der Waals surface area contributed by atoms with Gasteiger partial charge in [-0.1, -0.05) is 0 Å². The van der Waals surface area contributed by atoms with E-state index in [9.17, 15) is 0 Å². The number of benzene rings is 11. The van der Waals surface area contributed by atoms with Crippen molar-refractivity contribution in [2.45, 2.75) is 23.0 Å². The van der Waals surface area contributed by atoms with E-state index in [0.717, 1.165) is 77.4 Å². The molecule has 0 saturated carbocycles. The maximum absolute atomic E-state index is 6.73. The van der Waals surface area contributed by atoms with E-state index in [1.807, 2.05) is 0 Å². The fourth-order valence-corrected chi connectivity index (χ4v) is 25.5. The molecule has 0 aliphatic carbocycles. The first kappa shape index (κ1) is 42.0. The van der Waals surface area contributed by atoms with Crippen molar-refractivity contribution in [3.8, 4) is 22.3 Å². The summed E-state index contributed by atoms with van der Waals surface area (Å²) < 4.78 is 19.7. The summed E-state index contributed by atoms with van der Waals surface area (Å²) in [5.41, 5.74) is 15.8. The molecule has 0 spiro atoms. The van der Waals surface area contributed by atoms with Crippen LogP contribution in [0.25, 0.3) is 87.7 Å². The molecular weight excluding hydrogens is 998 g/mol. The molecule has 15 rings (SSSR count). The van der Waals surface area contributed by atoms with Crippen molar-refractivity contribution in [1.82, 2.24) is 0 Å². The van der Waals surface area contributed by atoms with Gasteiger partial charge in [0.1, 0.15) is 0 Å². The zero-order chi connectivity index (χ0) is 48.0. The predicted octanol–water partition coefficient (Wildman–Crippen LogP) is 16.3. The van der Waals surface area contributed by atoms with Crippen molar-refractivity contribution >= 4 is 144 Å². The SMILES string of the molecule is [CH3][Ge]1([CH3])[c]2ccccc2-c2ccc(N(c3ccccc3)c3ccc4cc5c(cc4c3)oc3cc4oc6cc7cc(N(c8ccccc8)c8ccc9[c](c8)[Ge]([CH3])([CH3])[c]8ccccc8-9)ccc7cc6c4cc35)c[c]21. The van der Waals surface area contributed by atoms with Gasteiger partial charge in [-0.2, -0.15) is 0 Å². The normalized spacial score (nSPS) is 14.1. The predicted molar refractivity (Wildman–Crippen MR) is 310 cm³/mol. The van der Waals surface area contributed by atoms with Crippen LogP contribution in [0.3, 0.4) is 0 Å². The third kappa shape index (κ3) is 6.18. The van der Waals surface area contributed by atoms with E-state index in [0.29, 0.717) is 0 Å². The molecule has 0 fully saturated rings. The van der Waals surface area contributed by atoms with Crippen molar-refractivity contribution in [1.29, 1.82) is 0 Å². The van der Waals surface area contributed by atoms with Crippen molar-refractivity contribution in [3.63, 3.8) is 0 Å². The van der Waals surface area contributed by atoms with Crippen molar-refractivity contribution in [2.75, 3.05) is 9.80 Å². The molecule has 2 aliphatic heterocycles. The molecule has 0 atom stereocenters. The van der Waals surface area contributed by atoms with Crippen LogP contribution in [-0.2, 0) is 0 Å². The first-order chi connectivity index (χ1) is 35.2. The zero-order valence-corrected chi connectivity index (χ0v) is 44.7. The number of furan rings is 2. The molecule has 0 unspecified atom stereocenters. The van der Waals surface area contributed by atoms with E-state index in [-0.39, 0.29) is 0 Å². The summed E-state index contributed by atoms with van der Waals surface area (Å²) in [5, 5.41) is 8.97. The maximum atomic E-state index is 6.73. The number of para-hydroxylation sites is 2. The van der Waals surface area contributed by atoms with Gasteiger partial charge < -0.3 is 0 Å². The Morgan fingerprint density at radius 1 is 0.264 bits per heavy atom. The Morgan fingerprint density at radius 2 is 0.625 bits per heavy atom. The quantitative estimate of drug-likeness (QED) is 0.155. The van der Waals surface area contributed by atoms with Crippen LogP contribution in [0, 0.1) is 0 Å². The summed E-state index contributed by atoms with van der Waals surface area (Å²) in [6.07, 6.45) is 0. The van der Waals surface area contributed by atoms with Crippen LogP contribution in [0.15, 0.2) is 227 Å². The Hall–Kier alpha value is -7.77. The van der Waals surface area contributed by atoms with E-state index in [2.05, 4.69) is 251 Å². The van der Waals surface area contributed by atoms with Crippen LogP contribution in [0.4, 0.5) is 34.1 Å². The van der Waals surface area contributed by atoms with Gasteiger partial charge in [-0.3, -0.25) is 0 Å². The number of anilines is 6. The van der Waals surface area contributed by atoms with Crippen molar-refractivity contribution in [3.05, 3.63) is 218 Å². The molecule has 4 nitrogen and oxygen atoms in total. The Morgan fingerprint density at radius 3 is 1.08 bits per heavy atom. The third-order valence-electron chi connectivity index (χ3n) is 16.1. The molecule has 2 aromatic heterocycles. The summed E-state index contributed by atoms with van der Waals surface area (Å²) in [7, 11) is 0. The molecule has 11 aromatic carbocycles. The van der Waals surface area contributed by atoms with E-state index < -0.39 is 26.5 Å². The Kier molecular flexibility index (Phi) is 8.95. The van der Waals surface area contributed by atoms with Gasteiger partial charge in [0.2, 0.25) is 0 Å². The summed E-state index contributed by atoms with van der Waals surface area (Å²) >= 11 is -5.00. The average Bonchev–Trinajstić information content (AvgIpc) is 4.08.